The maximum atomic E-state index is 12.3. The molecule has 2 atom stereocenters. The molecule has 6 nitrogen and oxygen atoms in total. The Hall–Kier alpha value is -2.08. The third-order valence-corrected chi connectivity index (χ3v) is 4.16. The SMILES string of the molecule is CO[C@H]1C[C@@H](C(N)=O)N(C(=O)CCOc2cc(C)ccc2C)C1. The number of ether oxygens (including phenoxy) is 2. The second kappa shape index (κ2) is 7.46. The van der Waals surface area contributed by atoms with Crippen LogP contribution in [0, 0.1) is 13.8 Å². The lowest BCUT2D eigenvalue weighted by molar-refractivity contribution is -0.137. The molecule has 0 unspecified atom stereocenters. The smallest absolute Gasteiger partial charge is 0.240 e. The third-order valence-electron chi connectivity index (χ3n) is 4.16. The van der Waals surface area contributed by atoms with Crippen LogP contribution in [0.4, 0.5) is 0 Å². The first-order chi connectivity index (χ1) is 10.9. The Balaban J connectivity index is 1.91. The lowest BCUT2D eigenvalue weighted by Gasteiger charge is -2.22. The minimum atomic E-state index is -0.590. The first-order valence-corrected chi connectivity index (χ1v) is 7.74. The Kier molecular flexibility index (Phi) is 5.60. The van der Waals surface area contributed by atoms with Crippen molar-refractivity contribution < 1.29 is 19.1 Å². The average molecular weight is 320 g/mol. The van der Waals surface area contributed by atoms with Gasteiger partial charge >= 0.3 is 0 Å². The highest BCUT2D eigenvalue weighted by Gasteiger charge is 2.38. The molecule has 2 N–H and O–H groups in total. The summed E-state index contributed by atoms with van der Waals surface area (Å²) in [7, 11) is 1.57. The van der Waals surface area contributed by atoms with Gasteiger partial charge in [0.1, 0.15) is 11.8 Å². The predicted octanol–water partition coefficient (Wildman–Crippen LogP) is 1.17. The largest absolute Gasteiger partial charge is 0.493 e. The van der Waals surface area contributed by atoms with E-state index in [1.807, 2.05) is 32.0 Å². The maximum absolute atomic E-state index is 12.3. The predicted molar refractivity (Wildman–Crippen MR) is 86.1 cm³/mol. The van der Waals surface area contributed by atoms with Crippen molar-refractivity contribution >= 4 is 11.8 Å². The van der Waals surface area contributed by atoms with Crippen LogP contribution in [0.5, 0.6) is 5.75 Å². The quantitative estimate of drug-likeness (QED) is 0.853. The Bertz CT molecular complexity index is 588. The van der Waals surface area contributed by atoms with Crippen molar-refractivity contribution in [2.75, 3.05) is 20.3 Å². The summed E-state index contributed by atoms with van der Waals surface area (Å²) in [5.41, 5.74) is 7.51. The number of nitrogens with zero attached hydrogens (tertiary/aromatic N) is 1. The molecule has 1 aromatic carbocycles. The van der Waals surface area contributed by atoms with Gasteiger partial charge in [-0.1, -0.05) is 12.1 Å². The van der Waals surface area contributed by atoms with E-state index in [1.165, 1.54) is 4.90 Å². The fraction of sp³-hybridized carbons (Fsp3) is 0.529. The van der Waals surface area contributed by atoms with Gasteiger partial charge in [0.05, 0.1) is 19.1 Å². The van der Waals surface area contributed by atoms with Crippen LogP contribution in [0.3, 0.4) is 0 Å². The van der Waals surface area contributed by atoms with Crippen LogP contribution in [0.2, 0.25) is 0 Å². The van der Waals surface area contributed by atoms with Crippen LogP contribution in [0.1, 0.15) is 24.0 Å². The molecule has 2 amide bonds. The highest BCUT2D eigenvalue weighted by molar-refractivity contribution is 5.87. The van der Waals surface area contributed by atoms with Gasteiger partial charge in [0.15, 0.2) is 0 Å². The zero-order chi connectivity index (χ0) is 17.0. The Morgan fingerprint density at radius 3 is 2.74 bits per heavy atom. The van der Waals surface area contributed by atoms with Crippen molar-refractivity contribution in [3.8, 4) is 5.75 Å². The minimum Gasteiger partial charge on any atom is -0.493 e. The van der Waals surface area contributed by atoms with Crippen LogP contribution in [0.15, 0.2) is 18.2 Å². The number of carbonyl (C=O) groups excluding carboxylic acids is 2. The third kappa shape index (κ3) is 4.22. The van der Waals surface area contributed by atoms with E-state index >= 15 is 0 Å². The number of aryl methyl sites for hydroxylation is 2. The van der Waals surface area contributed by atoms with Gasteiger partial charge in [0, 0.05) is 20.1 Å². The van der Waals surface area contributed by atoms with Gasteiger partial charge in [-0.05, 0) is 31.0 Å². The summed E-state index contributed by atoms with van der Waals surface area (Å²) in [4.78, 5) is 25.3. The topological polar surface area (TPSA) is 81.9 Å². The number of hydrogen-bond donors (Lipinski definition) is 1. The Labute approximate surface area is 136 Å². The summed E-state index contributed by atoms with van der Waals surface area (Å²) in [6.45, 7) is 4.61. The Morgan fingerprint density at radius 1 is 1.35 bits per heavy atom. The van der Waals surface area contributed by atoms with Gasteiger partial charge < -0.3 is 20.1 Å². The van der Waals surface area contributed by atoms with Gasteiger partial charge in [0.25, 0.3) is 0 Å². The molecule has 1 heterocycles. The van der Waals surface area contributed by atoms with Crippen molar-refractivity contribution in [1.29, 1.82) is 0 Å². The molecule has 1 fully saturated rings. The van der Waals surface area contributed by atoms with Crippen LogP contribution in [0.25, 0.3) is 0 Å². The molecule has 0 radical (unpaired) electrons. The molecule has 0 spiro atoms. The number of amides is 2. The number of primary amides is 1. The van der Waals surface area contributed by atoms with Gasteiger partial charge in [-0.25, -0.2) is 0 Å². The van der Waals surface area contributed by atoms with Crippen molar-refractivity contribution in [1.82, 2.24) is 4.90 Å². The van der Waals surface area contributed by atoms with Gasteiger partial charge in [-0.2, -0.15) is 0 Å². The van der Waals surface area contributed by atoms with Gasteiger partial charge in [-0.3, -0.25) is 9.59 Å². The Morgan fingerprint density at radius 2 is 2.09 bits per heavy atom. The summed E-state index contributed by atoms with van der Waals surface area (Å²) in [6, 6.07) is 5.36. The zero-order valence-electron chi connectivity index (χ0n) is 13.9. The number of likely N-dealkylation sites (tertiary alicyclic amines) is 1. The molecule has 0 saturated carbocycles. The molecule has 0 bridgehead atoms. The monoisotopic (exact) mass is 320 g/mol. The molecule has 2 rings (SSSR count). The van der Waals surface area contributed by atoms with E-state index in [0.717, 1.165) is 16.9 Å². The number of carbonyl (C=O) groups is 2. The second-order valence-corrected chi connectivity index (χ2v) is 5.93. The first kappa shape index (κ1) is 17.3. The maximum Gasteiger partial charge on any atom is 0.240 e. The summed E-state index contributed by atoms with van der Waals surface area (Å²) < 4.78 is 10.9. The molecule has 6 heteroatoms. The standard InChI is InChI=1S/C17H24N2O4/c1-11-4-5-12(2)15(8-11)23-7-6-16(20)19-10-13(22-3)9-14(19)17(18)21/h4-5,8,13-14H,6-7,9-10H2,1-3H3,(H2,18,21)/t13-,14-/m0/s1. The van der Waals surface area contributed by atoms with Gasteiger partial charge in [-0.15, -0.1) is 0 Å². The molecular weight excluding hydrogens is 296 g/mol. The van der Waals surface area contributed by atoms with Crippen molar-refractivity contribution in [2.45, 2.75) is 38.8 Å². The molecule has 1 aliphatic heterocycles. The molecule has 1 aliphatic rings. The normalized spacial score (nSPS) is 20.6. The average Bonchev–Trinajstić information content (AvgIpc) is 2.95. The minimum absolute atomic E-state index is 0.140. The number of nitrogens with two attached hydrogens (primary N) is 1. The second-order valence-electron chi connectivity index (χ2n) is 5.93. The summed E-state index contributed by atoms with van der Waals surface area (Å²) in [5, 5.41) is 0. The van der Waals surface area contributed by atoms with Crippen molar-refractivity contribution in [3.63, 3.8) is 0 Å². The molecule has 126 valence electrons. The number of rotatable bonds is 6. The van der Waals surface area contributed by atoms with E-state index in [4.69, 9.17) is 15.2 Å². The van der Waals surface area contributed by atoms with Crippen molar-refractivity contribution in [2.24, 2.45) is 5.73 Å². The fourth-order valence-corrected chi connectivity index (χ4v) is 2.77. The number of methoxy groups -OCH3 is 1. The van der Waals surface area contributed by atoms with Gasteiger partial charge in [0.2, 0.25) is 11.8 Å². The van der Waals surface area contributed by atoms with Crippen LogP contribution in [-0.2, 0) is 14.3 Å². The molecule has 0 aromatic heterocycles. The molecular formula is C17H24N2O4. The summed E-state index contributed by atoms with van der Waals surface area (Å²) in [5.74, 6) is 0.146. The van der Waals surface area contributed by atoms with E-state index in [1.54, 1.807) is 7.11 Å². The fourth-order valence-electron chi connectivity index (χ4n) is 2.77. The van der Waals surface area contributed by atoms with Crippen LogP contribution < -0.4 is 10.5 Å². The van der Waals surface area contributed by atoms with E-state index in [0.29, 0.717) is 13.0 Å². The van der Waals surface area contributed by atoms with Crippen molar-refractivity contribution in [3.05, 3.63) is 29.3 Å². The molecule has 0 aliphatic carbocycles. The molecule has 1 aromatic rings. The summed E-state index contributed by atoms with van der Waals surface area (Å²) >= 11 is 0. The number of benzene rings is 1. The van der Waals surface area contributed by atoms with E-state index < -0.39 is 11.9 Å². The highest BCUT2D eigenvalue weighted by Crippen LogP contribution is 2.22. The lowest BCUT2D eigenvalue weighted by Crippen LogP contribution is -2.44. The first-order valence-electron chi connectivity index (χ1n) is 7.74. The number of hydrogen-bond acceptors (Lipinski definition) is 4. The van der Waals surface area contributed by atoms with E-state index in [2.05, 4.69) is 0 Å². The zero-order valence-corrected chi connectivity index (χ0v) is 13.9. The van der Waals surface area contributed by atoms with E-state index in [-0.39, 0.29) is 25.0 Å². The summed E-state index contributed by atoms with van der Waals surface area (Å²) in [6.07, 6.45) is 0.514. The molecule has 1 saturated heterocycles. The molecule has 23 heavy (non-hydrogen) atoms. The van der Waals surface area contributed by atoms with Crippen LogP contribution >= 0.6 is 0 Å². The lowest BCUT2D eigenvalue weighted by atomic mass is 10.1. The van der Waals surface area contributed by atoms with E-state index in [9.17, 15) is 9.59 Å². The highest BCUT2D eigenvalue weighted by atomic mass is 16.5. The van der Waals surface area contributed by atoms with Crippen LogP contribution in [-0.4, -0.2) is 49.1 Å².